The number of halogens is 3. The first-order valence-corrected chi connectivity index (χ1v) is 8.78. The van der Waals surface area contributed by atoms with Crippen LogP contribution >= 0.6 is 0 Å². The molecule has 0 aliphatic rings. The minimum absolute atomic E-state index is 0.0923. The molecular formula is C20H18F3N3O4. The van der Waals surface area contributed by atoms with Gasteiger partial charge in [0.1, 0.15) is 6.61 Å². The van der Waals surface area contributed by atoms with E-state index in [-0.39, 0.29) is 23.6 Å². The van der Waals surface area contributed by atoms with E-state index in [0.29, 0.717) is 11.5 Å². The maximum Gasteiger partial charge on any atom is 0.412 e. The predicted molar refractivity (Wildman–Crippen MR) is 99.1 cm³/mol. The van der Waals surface area contributed by atoms with Crippen molar-refractivity contribution < 1.29 is 32.0 Å². The fraction of sp³-hybridized carbons (Fsp3) is 0.250. The molecule has 158 valence electrons. The second-order valence-corrected chi connectivity index (χ2v) is 6.36. The van der Waals surface area contributed by atoms with E-state index in [1.807, 2.05) is 18.3 Å². The van der Waals surface area contributed by atoms with E-state index in [2.05, 4.69) is 10.1 Å². The summed E-state index contributed by atoms with van der Waals surface area (Å²) in [5.41, 5.74) is 0.477. The Hall–Kier alpha value is -3.56. The van der Waals surface area contributed by atoms with Gasteiger partial charge in [0.2, 0.25) is 0 Å². The molecule has 7 nitrogen and oxygen atoms in total. The Balaban J connectivity index is 1.68. The number of carbonyl (C=O) groups is 1. The summed E-state index contributed by atoms with van der Waals surface area (Å²) in [4.78, 5) is 15.9. The molecule has 30 heavy (non-hydrogen) atoms. The van der Waals surface area contributed by atoms with Crippen LogP contribution in [0.4, 0.5) is 13.2 Å². The quantitative estimate of drug-likeness (QED) is 0.621. The molecule has 1 aromatic carbocycles. The zero-order chi connectivity index (χ0) is 21.7. The minimum Gasteiger partial charge on any atom is -0.493 e. The average molecular weight is 421 g/mol. The van der Waals surface area contributed by atoms with Gasteiger partial charge >= 0.3 is 6.18 Å². The van der Waals surface area contributed by atoms with Gasteiger partial charge in [-0.1, -0.05) is 17.3 Å². The molecule has 0 saturated heterocycles. The Morgan fingerprint density at radius 2 is 2.03 bits per heavy atom. The molecule has 10 heteroatoms. The summed E-state index contributed by atoms with van der Waals surface area (Å²) < 4.78 is 56.0. The highest BCUT2D eigenvalue weighted by molar-refractivity contribution is 5.92. The predicted octanol–water partition coefficient (Wildman–Crippen LogP) is 4.00. The number of aryl methyl sites for hydroxylation is 1. The Morgan fingerprint density at radius 3 is 2.70 bits per heavy atom. The first kappa shape index (κ1) is 21.2. The average Bonchev–Trinajstić information content (AvgIpc) is 3.19. The normalized spacial score (nSPS) is 12.3. The molecule has 0 radical (unpaired) electrons. The van der Waals surface area contributed by atoms with Crippen LogP contribution in [-0.2, 0) is 6.61 Å². The van der Waals surface area contributed by atoms with Crippen LogP contribution in [0.25, 0.3) is 0 Å². The molecule has 1 atom stereocenters. The van der Waals surface area contributed by atoms with Gasteiger partial charge in [0, 0.05) is 24.0 Å². The van der Waals surface area contributed by atoms with Gasteiger partial charge in [0.05, 0.1) is 7.11 Å². The lowest BCUT2D eigenvalue weighted by Crippen LogP contribution is -2.38. The number of nitrogens with one attached hydrogen (secondary N) is 1. The number of rotatable bonds is 7. The number of benzene rings is 1. The number of ether oxygens (including phenoxy) is 2. The summed E-state index contributed by atoms with van der Waals surface area (Å²) in [5, 5.41) is 5.45. The van der Waals surface area contributed by atoms with E-state index in [1.165, 1.54) is 31.5 Å². The molecule has 2 aromatic heterocycles. The third kappa shape index (κ3) is 5.07. The Bertz CT molecular complexity index is 1010. The molecule has 3 aromatic rings. The van der Waals surface area contributed by atoms with Crippen molar-refractivity contribution in [3.63, 3.8) is 0 Å². The SMILES string of the molecule is COc1cc(C)ccc1OCc1cc(C(=O)N[C@@H](c2cccnc2)C(F)(F)F)no1. The molecule has 3 rings (SSSR count). The number of pyridine rings is 1. The van der Waals surface area contributed by atoms with Gasteiger partial charge in [-0.25, -0.2) is 0 Å². The Labute approximate surface area is 169 Å². The van der Waals surface area contributed by atoms with Gasteiger partial charge in [-0.2, -0.15) is 13.2 Å². The summed E-state index contributed by atoms with van der Waals surface area (Å²) in [6.07, 6.45) is -2.34. The molecule has 1 N–H and O–H groups in total. The van der Waals surface area contributed by atoms with E-state index in [4.69, 9.17) is 14.0 Å². The van der Waals surface area contributed by atoms with E-state index in [1.54, 1.807) is 12.1 Å². The fourth-order valence-corrected chi connectivity index (χ4v) is 2.64. The molecule has 0 fully saturated rings. The third-order valence-corrected chi connectivity index (χ3v) is 4.10. The first-order chi connectivity index (χ1) is 14.3. The minimum atomic E-state index is -4.71. The molecular weight excluding hydrogens is 403 g/mol. The number of amides is 1. The number of hydrogen-bond acceptors (Lipinski definition) is 6. The summed E-state index contributed by atoms with van der Waals surface area (Å²) in [5.74, 6) is 0.0768. The standard InChI is InChI=1S/C20H18F3N3O4/c1-12-5-6-16(17(8-12)28-2)29-11-14-9-15(26-30-14)19(27)25-18(20(21,22)23)13-4-3-7-24-10-13/h3-10,18H,11H2,1-2H3,(H,25,27)/t18-/m0/s1. The van der Waals surface area contributed by atoms with Crippen LogP contribution in [0.3, 0.4) is 0 Å². The second kappa shape index (κ2) is 8.85. The number of nitrogens with zero attached hydrogens (tertiary/aromatic N) is 2. The van der Waals surface area contributed by atoms with E-state index >= 15 is 0 Å². The summed E-state index contributed by atoms with van der Waals surface area (Å²) in [6, 6.07) is 6.88. The third-order valence-electron chi connectivity index (χ3n) is 4.10. The molecule has 0 unspecified atom stereocenters. The van der Waals surface area contributed by atoms with E-state index < -0.39 is 18.1 Å². The van der Waals surface area contributed by atoms with Gasteiger partial charge in [0.25, 0.3) is 5.91 Å². The first-order valence-electron chi connectivity index (χ1n) is 8.78. The summed E-state index contributed by atoms with van der Waals surface area (Å²) >= 11 is 0. The lowest BCUT2D eigenvalue weighted by atomic mass is 10.1. The van der Waals surface area contributed by atoms with Crippen molar-refractivity contribution in [3.8, 4) is 11.5 Å². The van der Waals surface area contributed by atoms with Crippen molar-refractivity contribution in [3.05, 3.63) is 71.4 Å². The molecule has 0 bridgehead atoms. The van der Waals surface area contributed by atoms with Crippen LogP contribution < -0.4 is 14.8 Å². The van der Waals surface area contributed by atoms with Crippen LogP contribution in [0.2, 0.25) is 0 Å². The highest BCUT2D eigenvalue weighted by Gasteiger charge is 2.42. The Morgan fingerprint density at radius 1 is 1.23 bits per heavy atom. The number of methoxy groups -OCH3 is 1. The van der Waals surface area contributed by atoms with Crippen LogP contribution in [0.15, 0.2) is 53.3 Å². The molecule has 0 spiro atoms. The highest BCUT2D eigenvalue weighted by atomic mass is 19.4. The van der Waals surface area contributed by atoms with E-state index in [0.717, 1.165) is 11.8 Å². The van der Waals surface area contributed by atoms with Crippen molar-refractivity contribution in [1.29, 1.82) is 0 Å². The number of carbonyl (C=O) groups excluding carboxylic acids is 1. The largest absolute Gasteiger partial charge is 0.493 e. The maximum atomic E-state index is 13.4. The van der Waals surface area contributed by atoms with Gasteiger partial charge < -0.3 is 19.3 Å². The molecule has 0 aliphatic heterocycles. The smallest absolute Gasteiger partial charge is 0.412 e. The Kier molecular flexibility index (Phi) is 6.24. The van der Waals surface area contributed by atoms with Crippen LogP contribution in [0.5, 0.6) is 11.5 Å². The number of alkyl halides is 3. The molecule has 0 saturated carbocycles. The van der Waals surface area contributed by atoms with Crippen molar-refractivity contribution in [2.24, 2.45) is 0 Å². The maximum absolute atomic E-state index is 13.4. The lowest BCUT2D eigenvalue weighted by molar-refractivity contribution is -0.155. The molecule has 0 aliphatic carbocycles. The number of aromatic nitrogens is 2. The molecule has 1 amide bonds. The van der Waals surface area contributed by atoms with E-state index in [9.17, 15) is 18.0 Å². The monoisotopic (exact) mass is 421 g/mol. The lowest BCUT2D eigenvalue weighted by Gasteiger charge is -2.21. The fourth-order valence-electron chi connectivity index (χ4n) is 2.64. The van der Waals surface area contributed by atoms with Gasteiger partial charge in [-0.3, -0.25) is 9.78 Å². The second-order valence-electron chi connectivity index (χ2n) is 6.36. The topological polar surface area (TPSA) is 86.5 Å². The highest BCUT2D eigenvalue weighted by Crippen LogP contribution is 2.32. The summed E-state index contributed by atoms with van der Waals surface area (Å²) in [6.45, 7) is 1.80. The van der Waals surface area contributed by atoms with Crippen LogP contribution in [-0.4, -0.2) is 29.3 Å². The number of hydrogen-bond donors (Lipinski definition) is 1. The zero-order valence-electron chi connectivity index (χ0n) is 16.1. The van der Waals surface area contributed by atoms with Gasteiger partial charge in [-0.05, 0) is 30.7 Å². The molecule has 2 heterocycles. The zero-order valence-corrected chi connectivity index (χ0v) is 16.1. The van der Waals surface area contributed by atoms with Crippen molar-refractivity contribution in [2.75, 3.05) is 7.11 Å². The van der Waals surface area contributed by atoms with Crippen molar-refractivity contribution in [1.82, 2.24) is 15.5 Å². The van der Waals surface area contributed by atoms with Crippen molar-refractivity contribution in [2.45, 2.75) is 25.7 Å². The van der Waals surface area contributed by atoms with Crippen LogP contribution in [0, 0.1) is 6.92 Å². The van der Waals surface area contributed by atoms with Crippen LogP contribution in [0.1, 0.15) is 33.4 Å². The van der Waals surface area contributed by atoms with Crippen molar-refractivity contribution >= 4 is 5.91 Å². The van der Waals surface area contributed by atoms with Gasteiger partial charge in [0.15, 0.2) is 29.0 Å². The summed E-state index contributed by atoms with van der Waals surface area (Å²) in [7, 11) is 1.50. The van der Waals surface area contributed by atoms with Gasteiger partial charge in [-0.15, -0.1) is 0 Å².